The lowest BCUT2D eigenvalue weighted by Crippen LogP contribution is -2.04. The number of aromatic nitrogens is 3. The minimum absolute atomic E-state index is 0.623. The van der Waals surface area contributed by atoms with E-state index in [4.69, 9.17) is 0 Å². The fourth-order valence-corrected chi connectivity index (χ4v) is 3.60. The van der Waals surface area contributed by atoms with E-state index < -0.39 is 0 Å². The van der Waals surface area contributed by atoms with Gasteiger partial charge in [-0.3, -0.25) is 0 Å². The van der Waals surface area contributed by atoms with Crippen molar-refractivity contribution in [2.24, 2.45) is 0 Å². The van der Waals surface area contributed by atoms with E-state index in [9.17, 15) is 0 Å². The van der Waals surface area contributed by atoms with Crippen LogP contribution in [-0.2, 0) is 6.54 Å². The zero-order valence-electron chi connectivity index (χ0n) is 17.5. The normalized spacial score (nSPS) is 10.4. The molecule has 4 aromatic carbocycles. The molecule has 0 spiro atoms. The van der Waals surface area contributed by atoms with Crippen LogP contribution in [0.1, 0.15) is 16.8 Å². The van der Waals surface area contributed by atoms with Gasteiger partial charge in [-0.05, 0) is 34.7 Å². The SMILES string of the molecule is C(#Cc1c(-c2ccccc2)nnn1Cc1ccccc1)c1ccc(-c2ccccc2)cc1. The highest BCUT2D eigenvalue weighted by Gasteiger charge is 2.13. The van der Waals surface area contributed by atoms with Gasteiger partial charge in [-0.25, -0.2) is 4.68 Å². The van der Waals surface area contributed by atoms with E-state index in [0.717, 1.165) is 28.1 Å². The molecule has 1 aromatic heterocycles. The molecular formula is C29H21N3. The summed E-state index contributed by atoms with van der Waals surface area (Å²) in [4.78, 5) is 0. The lowest BCUT2D eigenvalue weighted by molar-refractivity contribution is 0.643. The summed E-state index contributed by atoms with van der Waals surface area (Å²) in [5.41, 5.74) is 7.11. The second-order valence-electron chi connectivity index (χ2n) is 7.49. The van der Waals surface area contributed by atoms with Gasteiger partial charge in [-0.2, -0.15) is 0 Å². The number of nitrogens with zero attached hydrogens (tertiary/aromatic N) is 3. The first-order chi connectivity index (χ1) is 15.9. The van der Waals surface area contributed by atoms with E-state index in [-0.39, 0.29) is 0 Å². The largest absolute Gasteiger partial charge is 0.232 e. The summed E-state index contributed by atoms with van der Waals surface area (Å²) in [7, 11) is 0. The van der Waals surface area contributed by atoms with Gasteiger partial charge in [-0.15, -0.1) is 5.10 Å². The zero-order valence-corrected chi connectivity index (χ0v) is 17.5. The van der Waals surface area contributed by atoms with Crippen molar-refractivity contribution in [1.29, 1.82) is 0 Å². The minimum Gasteiger partial charge on any atom is -0.232 e. The first-order valence-electron chi connectivity index (χ1n) is 10.6. The van der Waals surface area contributed by atoms with Crippen molar-refractivity contribution in [1.82, 2.24) is 15.0 Å². The van der Waals surface area contributed by atoms with Gasteiger partial charge < -0.3 is 0 Å². The van der Waals surface area contributed by atoms with Crippen LogP contribution in [0.2, 0.25) is 0 Å². The van der Waals surface area contributed by atoms with Gasteiger partial charge in [-0.1, -0.05) is 114 Å². The lowest BCUT2D eigenvalue weighted by atomic mass is 10.0. The van der Waals surface area contributed by atoms with Crippen molar-refractivity contribution < 1.29 is 0 Å². The summed E-state index contributed by atoms with van der Waals surface area (Å²) in [5, 5.41) is 8.88. The van der Waals surface area contributed by atoms with Gasteiger partial charge in [0.2, 0.25) is 0 Å². The molecule has 5 rings (SSSR count). The molecule has 0 bridgehead atoms. The van der Waals surface area contributed by atoms with Crippen LogP contribution in [0, 0.1) is 11.8 Å². The molecule has 0 amide bonds. The Morgan fingerprint density at radius 1 is 0.562 bits per heavy atom. The van der Waals surface area contributed by atoms with Crippen LogP contribution in [0.3, 0.4) is 0 Å². The van der Waals surface area contributed by atoms with Crippen LogP contribution >= 0.6 is 0 Å². The number of hydrogen-bond acceptors (Lipinski definition) is 2. The summed E-state index contributed by atoms with van der Waals surface area (Å²) in [5.74, 6) is 6.66. The summed E-state index contributed by atoms with van der Waals surface area (Å²) in [6.07, 6.45) is 0. The van der Waals surface area contributed by atoms with Crippen molar-refractivity contribution in [2.45, 2.75) is 6.54 Å². The molecule has 0 radical (unpaired) electrons. The van der Waals surface area contributed by atoms with Gasteiger partial charge >= 0.3 is 0 Å². The Kier molecular flexibility index (Phi) is 5.59. The fourth-order valence-electron chi connectivity index (χ4n) is 3.60. The highest BCUT2D eigenvalue weighted by molar-refractivity contribution is 5.67. The molecule has 3 nitrogen and oxygen atoms in total. The van der Waals surface area contributed by atoms with Gasteiger partial charge in [0, 0.05) is 11.1 Å². The quantitative estimate of drug-likeness (QED) is 0.337. The average Bonchev–Trinajstić information content (AvgIpc) is 3.27. The van der Waals surface area contributed by atoms with E-state index in [1.165, 1.54) is 11.1 Å². The smallest absolute Gasteiger partial charge is 0.140 e. The summed E-state index contributed by atoms with van der Waals surface area (Å²) in [6, 6.07) is 39.0. The molecule has 5 aromatic rings. The lowest BCUT2D eigenvalue weighted by Gasteiger charge is -2.04. The Bertz CT molecular complexity index is 1360. The number of benzene rings is 4. The third-order valence-corrected chi connectivity index (χ3v) is 5.27. The van der Waals surface area contributed by atoms with E-state index in [0.29, 0.717) is 6.54 Å². The van der Waals surface area contributed by atoms with Crippen LogP contribution in [0.5, 0.6) is 0 Å². The Morgan fingerprint density at radius 2 is 1.12 bits per heavy atom. The first-order valence-corrected chi connectivity index (χ1v) is 10.6. The van der Waals surface area contributed by atoms with E-state index in [2.05, 4.69) is 82.8 Å². The van der Waals surface area contributed by atoms with Crippen molar-refractivity contribution >= 4 is 0 Å². The molecule has 1 heterocycles. The minimum atomic E-state index is 0.623. The zero-order chi connectivity index (χ0) is 21.6. The molecule has 0 saturated carbocycles. The fraction of sp³-hybridized carbons (Fsp3) is 0.0345. The predicted octanol–water partition coefficient (Wildman–Crippen LogP) is 6.06. The molecule has 0 fully saturated rings. The molecule has 0 unspecified atom stereocenters. The molecule has 0 aliphatic carbocycles. The van der Waals surface area contributed by atoms with Crippen molar-refractivity contribution in [3.8, 4) is 34.2 Å². The Labute approximate surface area is 188 Å². The molecule has 0 saturated heterocycles. The van der Waals surface area contributed by atoms with E-state index in [1.807, 2.05) is 59.3 Å². The Morgan fingerprint density at radius 3 is 1.78 bits per heavy atom. The van der Waals surface area contributed by atoms with Crippen LogP contribution < -0.4 is 0 Å². The van der Waals surface area contributed by atoms with Crippen molar-refractivity contribution in [3.05, 3.63) is 132 Å². The third kappa shape index (κ3) is 4.35. The molecule has 0 atom stereocenters. The summed E-state index contributed by atoms with van der Waals surface area (Å²) < 4.78 is 1.88. The maximum atomic E-state index is 4.46. The monoisotopic (exact) mass is 411 g/mol. The van der Waals surface area contributed by atoms with Gasteiger partial charge in [0.1, 0.15) is 11.4 Å². The topological polar surface area (TPSA) is 30.7 Å². The second kappa shape index (κ2) is 9.16. The highest BCUT2D eigenvalue weighted by atomic mass is 15.4. The van der Waals surface area contributed by atoms with Crippen molar-refractivity contribution in [2.75, 3.05) is 0 Å². The van der Waals surface area contributed by atoms with Crippen molar-refractivity contribution in [3.63, 3.8) is 0 Å². The van der Waals surface area contributed by atoms with Gasteiger partial charge in [0.15, 0.2) is 0 Å². The second-order valence-corrected chi connectivity index (χ2v) is 7.49. The maximum absolute atomic E-state index is 4.46. The van der Waals surface area contributed by atoms with Crippen LogP contribution in [0.15, 0.2) is 115 Å². The van der Waals surface area contributed by atoms with E-state index >= 15 is 0 Å². The molecule has 0 aliphatic rings. The molecular weight excluding hydrogens is 390 g/mol. The standard InChI is InChI=1S/C29H21N3/c1-4-10-24(11-5-1)22-32-28(29(30-31-32)27-14-8-3-9-15-27)21-18-23-16-19-26(20-17-23)25-12-6-2-7-13-25/h1-17,19-20H,22H2. The molecule has 0 N–H and O–H groups in total. The third-order valence-electron chi connectivity index (χ3n) is 5.27. The number of hydrogen-bond donors (Lipinski definition) is 0. The summed E-state index contributed by atoms with van der Waals surface area (Å²) in [6.45, 7) is 0.623. The Hall–Kier alpha value is -4.42. The van der Waals surface area contributed by atoms with Crippen LogP contribution in [0.4, 0.5) is 0 Å². The van der Waals surface area contributed by atoms with Gasteiger partial charge in [0.25, 0.3) is 0 Å². The highest BCUT2D eigenvalue weighted by Crippen LogP contribution is 2.22. The molecule has 0 aliphatic heterocycles. The van der Waals surface area contributed by atoms with Crippen LogP contribution in [-0.4, -0.2) is 15.0 Å². The predicted molar refractivity (Wildman–Crippen MR) is 129 cm³/mol. The Balaban J connectivity index is 1.50. The number of rotatable bonds is 4. The average molecular weight is 412 g/mol. The maximum Gasteiger partial charge on any atom is 0.140 e. The molecule has 3 heteroatoms. The first kappa shape index (κ1) is 19.5. The molecule has 152 valence electrons. The molecule has 32 heavy (non-hydrogen) atoms. The summed E-state index contributed by atoms with van der Waals surface area (Å²) >= 11 is 0. The van der Waals surface area contributed by atoms with Gasteiger partial charge in [0.05, 0.1) is 6.54 Å². The van der Waals surface area contributed by atoms with E-state index in [1.54, 1.807) is 0 Å². The van der Waals surface area contributed by atoms with Crippen LogP contribution in [0.25, 0.3) is 22.4 Å².